The second-order valence-corrected chi connectivity index (χ2v) is 8.13. The number of aliphatic hydroxyl groups excluding tert-OH is 1. The van der Waals surface area contributed by atoms with Crippen molar-refractivity contribution in [3.63, 3.8) is 0 Å². The zero-order valence-electron chi connectivity index (χ0n) is 17.8. The minimum atomic E-state index is -4.36. The SMILES string of the molecule is Cc1cccc(N)c1.Cc1cccc(NCS(=O)(=O)[O-])c1.O=S(=O)([O-])CO.[CH3-].[Na+].[Na+]. The predicted molar refractivity (Wildman–Crippen MR) is 108 cm³/mol. The minimum Gasteiger partial charge on any atom is -0.747 e. The van der Waals surface area contributed by atoms with Crippen molar-refractivity contribution in [3.8, 4) is 0 Å². The summed E-state index contributed by atoms with van der Waals surface area (Å²) in [6, 6.07) is 14.9. The molecule has 0 saturated heterocycles. The summed E-state index contributed by atoms with van der Waals surface area (Å²) in [5.41, 5.74) is 9.16. The van der Waals surface area contributed by atoms with Crippen LogP contribution in [0.25, 0.3) is 0 Å². The van der Waals surface area contributed by atoms with Gasteiger partial charge < -0.3 is 32.7 Å². The molecular weight excluding hydrogens is 454 g/mol. The molecule has 0 aliphatic carbocycles. The van der Waals surface area contributed by atoms with Crippen LogP contribution in [-0.4, -0.2) is 42.9 Å². The van der Waals surface area contributed by atoms with Crippen molar-refractivity contribution in [2.75, 3.05) is 22.9 Å². The molecule has 0 amide bonds. The monoisotopic (exact) mass is 479 g/mol. The minimum absolute atomic E-state index is 0. The van der Waals surface area contributed by atoms with Crippen LogP contribution < -0.4 is 70.2 Å². The molecule has 0 spiro atoms. The van der Waals surface area contributed by atoms with Crippen molar-refractivity contribution >= 4 is 31.6 Å². The number of hydrogen-bond acceptors (Lipinski definition) is 9. The fourth-order valence-corrected chi connectivity index (χ4v) is 1.94. The van der Waals surface area contributed by atoms with Gasteiger partial charge in [-0.05, 0) is 49.2 Å². The van der Waals surface area contributed by atoms with E-state index >= 15 is 0 Å². The topological polar surface area (TPSA) is 173 Å². The van der Waals surface area contributed by atoms with Gasteiger partial charge in [-0.3, -0.25) is 0 Å². The van der Waals surface area contributed by atoms with E-state index in [-0.39, 0.29) is 66.5 Å². The molecule has 30 heavy (non-hydrogen) atoms. The standard InChI is InChI=1S/C8H11NO3S.C7H9N.CH4O4S.CH3.2Na/c1-7-3-2-4-8(5-7)9-6-13(10,11)12;1-6-3-2-4-7(8)5-6;2-1-6(3,4)5;;;/h2-5,9H,6H2,1H3,(H,10,11,12);2-5H,8H2,1H3;2H,1H2,(H,3,4,5);1H3;;/q;;;-1;2*+1/p-2. The number of nitrogens with two attached hydrogens (primary N) is 1. The number of hydrogen-bond donors (Lipinski definition) is 3. The maximum Gasteiger partial charge on any atom is 1.00 e. The molecule has 0 aromatic heterocycles. The number of rotatable bonds is 4. The van der Waals surface area contributed by atoms with E-state index in [9.17, 15) is 25.9 Å². The van der Waals surface area contributed by atoms with Crippen LogP contribution in [0, 0.1) is 21.3 Å². The molecule has 13 heteroatoms. The molecule has 4 N–H and O–H groups in total. The predicted octanol–water partition coefficient (Wildman–Crippen LogP) is -4.57. The van der Waals surface area contributed by atoms with Gasteiger partial charge in [-0.25, -0.2) is 16.8 Å². The van der Waals surface area contributed by atoms with Crippen molar-refractivity contribution in [1.29, 1.82) is 0 Å². The molecular formula is C17H25N2Na2O7S2-. The van der Waals surface area contributed by atoms with Gasteiger partial charge in [-0.2, -0.15) is 0 Å². The van der Waals surface area contributed by atoms with Gasteiger partial charge in [0.05, 0.1) is 0 Å². The quantitative estimate of drug-likeness (QED) is 0.169. The third-order valence-corrected chi connectivity index (χ3v) is 3.49. The molecule has 0 aliphatic rings. The molecule has 2 aromatic carbocycles. The zero-order chi connectivity index (χ0) is 21.1. The normalized spacial score (nSPS) is 9.63. The first-order valence-corrected chi connectivity index (χ1v) is 10.6. The van der Waals surface area contributed by atoms with Gasteiger partial charge >= 0.3 is 59.1 Å². The summed E-state index contributed by atoms with van der Waals surface area (Å²) in [6.07, 6.45) is 0. The molecule has 9 nitrogen and oxygen atoms in total. The van der Waals surface area contributed by atoms with E-state index in [2.05, 4.69) is 5.32 Å². The summed E-state index contributed by atoms with van der Waals surface area (Å²) in [7, 11) is -8.55. The Kier molecular flexibility index (Phi) is 22.8. The Morgan fingerprint density at radius 2 is 1.33 bits per heavy atom. The Balaban J connectivity index is -0.000000174. The second kappa shape index (κ2) is 18.4. The third kappa shape index (κ3) is 24.1. The largest absolute Gasteiger partial charge is 1.00 e. The molecule has 0 unspecified atom stereocenters. The van der Waals surface area contributed by atoms with Gasteiger partial charge in [0.25, 0.3) is 0 Å². The summed E-state index contributed by atoms with van der Waals surface area (Å²) >= 11 is 0. The number of nitrogens with one attached hydrogen (secondary N) is 1. The Morgan fingerprint density at radius 3 is 1.63 bits per heavy atom. The summed E-state index contributed by atoms with van der Waals surface area (Å²) in [4.78, 5) is 0. The maximum atomic E-state index is 10.3. The Bertz CT molecular complexity index is 908. The van der Waals surface area contributed by atoms with Crippen LogP contribution >= 0.6 is 0 Å². The van der Waals surface area contributed by atoms with Gasteiger partial charge in [-0.15, -0.1) is 0 Å². The van der Waals surface area contributed by atoms with Gasteiger partial charge in [0.1, 0.15) is 32.1 Å². The van der Waals surface area contributed by atoms with Crippen LogP contribution in [0.3, 0.4) is 0 Å². The fraction of sp³-hybridized carbons (Fsp3) is 0.235. The first-order valence-electron chi connectivity index (χ1n) is 7.43. The molecule has 2 rings (SSSR count). The smallest absolute Gasteiger partial charge is 0.747 e. The van der Waals surface area contributed by atoms with E-state index < -0.39 is 32.1 Å². The summed E-state index contributed by atoms with van der Waals surface area (Å²) in [6.45, 7) is 3.91. The van der Waals surface area contributed by atoms with Crippen LogP contribution in [0.2, 0.25) is 0 Å². The zero-order valence-corrected chi connectivity index (χ0v) is 23.5. The molecule has 2 aromatic rings. The number of nitrogen functional groups attached to an aromatic ring is 1. The van der Waals surface area contributed by atoms with Gasteiger partial charge in [0.15, 0.2) is 0 Å². The Labute approximate surface area is 223 Å². The number of benzene rings is 2. The average Bonchev–Trinajstić information content (AvgIpc) is 2.53. The van der Waals surface area contributed by atoms with Crippen LogP contribution in [0.1, 0.15) is 11.1 Å². The van der Waals surface area contributed by atoms with E-state index in [0.717, 1.165) is 11.3 Å². The first-order chi connectivity index (χ1) is 12.3. The second-order valence-electron chi connectivity index (χ2n) is 5.35. The summed E-state index contributed by atoms with van der Waals surface area (Å²) in [5, 5.41) is 10.0. The molecule has 0 saturated carbocycles. The van der Waals surface area contributed by atoms with Crippen molar-refractivity contribution in [3.05, 3.63) is 67.1 Å². The number of anilines is 2. The molecule has 0 atom stereocenters. The van der Waals surface area contributed by atoms with E-state index in [1.807, 2.05) is 44.2 Å². The molecule has 0 aliphatic heterocycles. The van der Waals surface area contributed by atoms with Crippen molar-refractivity contribution < 1.29 is 90.2 Å². The van der Waals surface area contributed by atoms with Crippen molar-refractivity contribution in [1.82, 2.24) is 0 Å². The Morgan fingerprint density at radius 1 is 0.900 bits per heavy atom. The number of aryl methyl sites for hydroxylation is 2. The summed E-state index contributed by atoms with van der Waals surface area (Å²) in [5.74, 6) is -1.89. The third-order valence-electron chi connectivity index (χ3n) is 2.67. The van der Waals surface area contributed by atoms with Gasteiger partial charge in [0.2, 0.25) is 0 Å². The van der Waals surface area contributed by atoms with E-state index in [0.29, 0.717) is 5.69 Å². The first kappa shape index (κ1) is 37.2. The Hall–Kier alpha value is -0.180. The molecule has 0 heterocycles. The molecule has 160 valence electrons. The van der Waals surface area contributed by atoms with Crippen molar-refractivity contribution in [2.24, 2.45) is 0 Å². The fourth-order valence-electron chi connectivity index (χ4n) is 1.60. The van der Waals surface area contributed by atoms with E-state index in [1.165, 1.54) is 5.56 Å². The van der Waals surface area contributed by atoms with Crippen LogP contribution in [0.4, 0.5) is 11.4 Å². The van der Waals surface area contributed by atoms with Crippen molar-refractivity contribution in [2.45, 2.75) is 13.8 Å². The molecule has 0 bridgehead atoms. The van der Waals surface area contributed by atoms with Crippen LogP contribution in [0.15, 0.2) is 48.5 Å². The van der Waals surface area contributed by atoms with Crippen LogP contribution in [-0.2, 0) is 20.2 Å². The maximum absolute atomic E-state index is 10.3. The van der Waals surface area contributed by atoms with E-state index in [4.69, 9.17) is 10.8 Å². The molecule has 0 fully saturated rings. The van der Waals surface area contributed by atoms with Gasteiger partial charge in [-0.1, -0.05) is 24.3 Å². The molecule has 0 radical (unpaired) electrons. The number of aliphatic hydroxyl groups is 1. The van der Waals surface area contributed by atoms with Gasteiger partial charge in [0, 0.05) is 11.4 Å². The van der Waals surface area contributed by atoms with Crippen LogP contribution in [0.5, 0.6) is 0 Å². The van der Waals surface area contributed by atoms with E-state index in [1.54, 1.807) is 18.2 Å². The summed E-state index contributed by atoms with van der Waals surface area (Å²) < 4.78 is 58.4. The average molecular weight is 480 g/mol.